The number of anilines is 1. The lowest BCUT2D eigenvalue weighted by Gasteiger charge is -2.04. The average molecular weight is 312 g/mol. The fourth-order valence-corrected chi connectivity index (χ4v) is 3.15. The number of sulfonamides is 1. The van der Waals surface area contributed by atoms with Crippen molar-refractivity contribution in [1.82, 2.24) is 14.3 Å². The van der Waals surface area contributed by atoms with Crippen molar-refractivity contribution in [2.45, 2.75) is 44.9 Å². The van der Waals surface area contributed by atoms with Gasteiger partial charge in [0.25, 0.3) is 10.0 Å². The van der Waals surface area contributed by atoms with Crippen LogP contribution in [0.15, 0.2) is 29.6 Å². The first-order chi connectivity index (χ1) is 10.00. The van der Waals surface area contributed by atoms with Gasteiger partial charge < -0.3 is 9.67 Å². The van der Waals surface area contributed by atoms with Gasteiger partial charge in [-0.1, -0.05) is 6.92 Å². The van der Waals surface area contributed by atoms with E-state index in [-0.39, 0.29) is 11.5 Å². The van der Waals surface area contributed by atoms with Gasteiger partial charge >= 0.3 is 0 Å². The van der Waals surface area contributed by atoms with Crippen LogP contribution in [-0.2, 0) is 29.7 Å². The molecule has 0 amide bonds. The van der Waals surface area contributed by atoms with Crippen molar-refractivity contribution in [3.05, 3.63) is 30.4 Å². The highest BCUT2D eigenvalue weighted by molar-refractivity contribution is 7.92. The van der Waals surface area contributed by atoms with Crippen LogP contribution < -0.4 is 4.72 Å². The van der Waals surface area contributed by atoms with Gasteiger partial charge in [0.05, 0.1) is 18.5 Å². The third kappa shape index (κ3) is 3.45. The van der Waals surface area contributed by atoms with E-state index in [0.29, 0.717) is 24.5 Å². The van der Waals surface area contributed by atoms with E-state index in [1.807, 2.05) is 13.8 Å². The zero-order chi connectivity index (χ0) is 15.5. The molecule has 8 heteroatoms. The van der Waals surface area contributed by atoms with Crippen LogP contribution >= 0.6 is 0 Å². The lowest BCUT2D eigenvalue weighted by Crippen LogP contribution is -2.12. The zero-order valence-corrected chi connectivity index (χ0v) is 13.0. The van der Waals surface area contributed by atoms with Gasteiger partial charge in [-0.15, -0.1) is 0 Å². The number of nitrogens with one attached hydrogen (secondary N) is 1. The Labute approximate surface area is 124 Å². The van der Waals surface area contributed by atoms with Gasteiger partial charge in [0.15, 0.2) is 0 Å². The maximum Gasteiger partial charge on any atom is 0.263 e. The molecule has 0 fully saturated rings. The van der Waals surface area contributed by atoms with E-state index in [4.69, 9.17) is 0 Å². The minimum absolute atomic E-state index is 0.143. The van der Waals surface area contributed by atoms with E-state index in [1.165, 1.54) is 12.3 Å². The van der Waals surface area contributed by atoms with Crippen LogP contribution in [0.2, 0.25) is 0 Å². The Balaban J connectivity index is 2.26. The van der Waals surface area contributed by atoms with E-state index in [2.05, 4.69) is 9.82 Å². The molecule has 2 rings (SSSR count). The molecular weight excluding hydrogens is 292 g/mol. The summed E-state index contributed by atoms with van der Waals surface area (Å²) in [6.45, 7) is 5.06. The second-order valence-electron chi connectivity index (χ2n) is 4.71. The Bertz CT molecular complexity index is 703. The summed E-state index contributed by atoms with van der Waals surface area (Å²) in [6, 6.07) is 1.49. The second-order valence-corrected chi connectivity index (χ2v) is 6.39. The Morgan fingerprint density at radius 1 is 1.33 bits per heavy atom. The molecule has 2 N–H and O–H groups in total. The summed E-state index contributed by atoms with van der Waals surface area (Å²) in [5, 5.41) is 13.3. The molecule has 0 aromatic carbocycles. The predicted molar refractivity (Wildman–Crippen MR) is 79.4 cm³/mol. The number of aliphatic hydroxyl groups excluding tert-OH is 1. The fraction of sp³-hybridized carbons (Fsp3) is 0.462. The van der Waals surface area contributed by atoms with Gasteiger partial charge in [0.2, 0.25) is 0 Å². The Kier molecular flexibility index (Phi) is 4.69. The molecule has 0 saturated heterocycles. The highest BCUT2D eigenvalue weighted by Crippen LogP contribution is 2.19. The monoisotopic (exact) mass is 312 g/mol. The standard InChI is InChI=1S/C13H20N4O3S/c1-3-5-16-9-13(6-12(16)10-18)21(19,20)15-11-7-14-17(4-2)8-11/h6-9,15,18H,3-5,10H2,1-2H3. The largest absolute Gasteiger partial charge is 0.390 e. The van der Waals surface area contributed by atoms with Crippen LogP contribution in [0, 0.1) is 0 Å². The lowest BCUT2D eigenvalue weighted by molar-refractivity contribution is 0.270. The maximum absolute atomic E-state index is 12.3. The summed E-state index contributed by atoms with van der Waals surface area (Å²) in [7, 11) is -3.67. The summed E-state index contributed by atoms with van der Waals surface area (Å²) in [4.78, 5) is 0.143. The quantitative estimate of drug-likeness (QED) is 0.809. The zero-order valence-electron chi connectivity index (χ0n) is 12.2. The van der Waals surface area contributed by atoms with Crippen LogP contribution in [0.3, 0.4) is 0 Å². The van der Waals surface area contributed by atoms with E-state index in [1.54, 1.807) is 21.6 Å². The van der Waals surface area contributed by atoms with Gasteiger partial charge in [0, 0.05) is 31.2 Å². The van der Waals surface area contributed by atoms with Crippen molar-refractivity contribution < 1.29 is 13.5 Å². The minimum Gasteiger partial charge on any atom is -0.390 e. The average Bonchev–Trinajstić information content (AvgIpc) is 3.05. The smallest absolute Gasteiger partial charge is 0.263 e. The topological polar surface area (TPSA) is 89.2 Å². The van der Waals surface area contributed by atoms with Crippen LogP contribution in [0.4, 0.5) is 5.69 Å². The Morgan fingerprint density at radius 3 is 2.67 bits per heavy atom. The molecule has 21 heavy (non-hydrogen) atoms. The number of rotatable bonds is 7. The SMILES string of the molecule is CCCn1cc(S(=O)(=O)Nc2cnn(CC)c2)cc1CO. The highest BCUT2D eigenvalue weighted by Gasteiger charge is 2.19. The molecule has 0 aliphatic carbocycles. The molecule has 0 aliphatic heterocycles. The van der Waals surface area contributed by atoms with Crippen molar-refractivity contribution in [2.75, 3.05) is 4.72 Å². The van der Waals surface area contributed by atoms with Crippen LogP contribution in [0.25, 0.3) is 0 Å². The first kappa shape index (κ1) is 15.6. The third-order valence-corrected chi connectivity index (χ3v) is 4.46. The second kappa shape index (κ2) is 6.31. The molecule has 0 aliphatic rings. The number of hydrogen-bond acceptors (Lipinski definition) is 4. The van der Waals surface area contributed by atoms with E-state index in [0.717, 1.165) is 6.42 Å². The maximum atomic E-state index is 12.3. The van der Waals surface area contributed by atoms with Gasteiger partial charge in [-0.2, -0.15) is 5.10 Å². The van der Waals surface area contributed by atoms with Crippen molar-refractivity contribution in [1.29, 1.82) is 0 Å². The molecule has 2 aromatic rings. The Morgan fingerprint density at radius 2 is 2.10 bits per heavy atom. The summed E-state index contributed by atoms with van der Waals surface area (Å²) >= 11 is 0. The van der Waals surface area contributed by atoms with Crippen molar-refractivity contribution in [3.63, 3.8) is 0 Å². The first-order valence-electron chi connectivity index (χ1n) is 6.85. The van der Waals surface area contributed by atoms with Crippen LogP contribution in [0.5, 0.6) is 0 Å². The van der Waals surface area contributed by atoms with Crippen LogP contribution in [-0.4, -0.2) is 27.9 Å². The number of aryl methyl sites for hydroxylation is 2. The normalized spacial score (nSPS) is 11.8. The molecule has 7 nitrogen and oxygen atoms in total. The first-order valence-corrected chi connectivity index (χ1v) is 8.33. The number of nitrogens with zero attached hydrogens (tertiary/aromatic N) is 3. The summed E-state index contributed by atoms with van der Waals surface area (Å²) in [5.74, 6) is 0. The molecule has 2 aromatic heterocycles. The minimum atomic E-state index is -3.67. The molecule has 0 saturated carbocycles. The molecule has 0 atom stereocenters. The number of aliphatic hydroxyl groups is 1. The van der Waals surface area contributed by atoms with E-state index in [9.17, 15) is 13.5 Å². The lowest BCUT2D eigenvalue weighted by atomic mass is 10.4. The summed E-state index contributed by atoms with van der Waals surface area (Å²) in [5.41, 5.74) is 1.01. The molecule has 116 valence electrons. The molecule has 0 radical (unpaired) electrons. The molecule has 0 spiro atoms. The Hall–Kier alpha value is -1.80. The number of hydrogen-bond donors (Lipinski definition) is 2. The van der Waals surface area contributed by atoms with Gasteiger partial charge in [-0.25, -0.2) is 8.42 Å². The van der Waals surface area contributed by atoms with Crippen molar-refractivity contribution in [2.24, 2.45) is 0 Å². The van der Waals surface area contributed by atoms with Crippen LogP contribution in [0.1, 0.15) is 26.0 Å². The predicted octanol–water partition coefficient (Wildman–Crippen LogP) is 1.41. The number of aromatic nitrogens is 3. The fourth-order valence-electron chi connectivity index (χ4n) is 2.06. The summed E-state index contributed by atoms with van der Waals surface area (Å²) in [6.07, 6.45) is 5.50. The highest BCUT2D eigenvalue weighted by atomic mass is 32.2. The van der Waals surface area contributed by atoms with Crippen molar-refractivity contribution >= 4 is 15.7 Å². The third-order valence-electron chi connectivity index (χ3n) is 3.11. The van der Waals surface area contributed by atoms with Gasteiger partial charge in [-0.05, 0) is 19.4 Å². The van der Waals surface area contributed by atoms with E-state index < -0.39 is 10.0 Å². The molecular formula is C13H20N4O3S. The van der Waals surface area contributed by atoms with Gasteiger partial charge in [-0.3, -0.25) is 9.40 Å². The molecule has 0 unspecified atom stereocenters. The van der Waals surface area contributed by atoms with E-state index >= 15 is 0 Å². The van der Waals surface area contributed by atoms with Crippen molar-refractivity contribution in [3.8, 4) is 0 Å². The molecule has 0 bridgehead atoms. The summed E-state index contributed by atoms with van der Waals surface area (Å²) < 4.78 is 30.6. The molecule has 2 heterocycles. The van der Waals surface area contributed by atoms with Gasteiger partial charge in [0.1, 0.15) is 4.90 Å².